The fourth-order valence-corrected chi connectivity index (χ4v) is 2.86. The molecule has 0 aromatic carbocycles. The van der Waals surface area contributed by atoms with Gasteiger partial charge >= 0.3 is 6.03 Å². The van der Waals surface area contributed by atoms with Crippen LogP contribution in [-0.2, 0) is 4.74 Å². The number of nitrogens with one attached hydrogen (secondary N) is 2. The number of rotatable bonds is 2. The van der Waals surface area contributed by atoms with Crippen LogP contribution in [-0.4, -0.2) is 36.9 Å². The van der Waals surface area contributed by atoms with E-state index in [1.54, 1.807) is 0 Å². The van der Waals surface area contributed by atoms with E-state index in [9.17, 15) is 4.79 Å². The number of fused-ring (bicyclic) bond motifs is 1. The standard InChI is InChI=1S/C11H19N3O2/c12-8-7-4-5-16-10(7)9(8)14-11(15)13-6-2-1-3-6/h6-10H,1-5,12H2,(H2,13,14,15). The molecule has 3 rings (SSSR count). The number of amides is 2. The van der Waals surface area contributed by atoms with Gasteiger partial charge in [-0.3, -0.25) is 0 Å². The molecule has 0 bridgehead atoms. The summed E-state index contributed by atoms with van der Waals surface area (Å²) >= 11 is 0. The van der Waals surface area contributed by atoms with Gasteiger partial charge < -0.3 is 21.1 Å². The molecule has 0 aromatic rings. The third kappa shape index (κ3) is 1.58. The monoisotopic (exact) mass is 225 g/mol. The third-order valence-corrected chi connectivity index (χ3v) is 4.18. The van der Waals surface area contributed by atoms with Gasteiger partial charge in [0.2, 0.25) is 0 Å². The van der Waals surface area contributed by atoms with Gasteiger partial charge in [-0.2, -0.15) is 0 Å². The summed E-state index contributed by atoms with van der Waals surface area (Å²) in [6.07, 6.45) is 4.62. The van der Waals surface area contributed by atoms with Crippen LogP contribution in [0.15, 0.2) is 0 Å². The Kier molecular flexibility index (Phi) is 2.52. The lowest BCUT2D eigenvalue weighted by Crippen LogP contribution is -2.70. The van der Waals surface area contributed by atoms with Gasteiger partial charge in [0, 0.05) is 24.6 Å². The largest absolute Gasteiger partial charge is 0.376 e. The molecule has 5 heteroatoms. The molecular weight excluding hydrogens is 206 g/mol. The van der Waals surface area contributed by atoms with Crippen LogP contribution in [0.2, 0.25) is 0 Å². The minimum Gasteiger partial charge on any atom is -0.376 e. The third-order valence-electron chi connectivity index (χ3n) is 4.18. The van der Waals surface area contributed by atoms with Crippen molar-refractivity contribution in [1.82, 2.24) is 10.6 Å². The summed E-state index contributed by atoms with van der Waals surface area (Å²) in [5.41, 5.74) is 6.01. The molecule has 3 fully saturated rings. The summed E-state index contributed by atoms with van der Waals surface area (Å²) < 4.78 is 5.56. The molecule has 0 spiro atoms. The number of nitrogens with two attached hydrogens (primary N) is 1. The van der Waals surface area contributed by atoms with Crippen molar-refractivity contribution in [2.75, 3.05) is 6.61 Å². The molecule has 3 aliphatic rings. The summed E-state index contributed by atoms with van der Waals surface area (Å²) in [5, 5.41) is 5.89. The van der Waals surface area contributed by atoms with Crippen LogP contribution in [0.5, 0.6) is 0 Å². The Labute approximate surface area is 95.1 Å². The Morgan fingerprint density at radius 2 is 2.06 bits per heavy atom. The molecule has 4 N–H and O–H groups in total. The maximum atomic E-state index is 11.7. The van der Waals surface area contributed by atoms with Crippen molar-refractivity contribution < 1.29 is 9.53 Å². The number of carbonyl (C=O) groups excluding carboxylic acids is 1. The van der Waals surface area contributed by atoms with Crippen molar-refractivity contribution in [1.29, 1.82) is 0 Å². The molecule has 0 aromatic heterocycles. The Hall–Kier alpha value is -0.810. The zero-order valence-corrected chi connectivity index (χ0v) is 9.32. The average Bonchev–Trinajstić information content (AvgIpc) is 2.64. The fourth-order valence-electron chi connectivity index (χ4n) is 2.86. The predicted molar refractivity (Wildman–Crippen MR) is 58.9 cm³/mol. The molecule has 2 amide bonds. The highest BCUT2D eigenvalue weighted by Gasteiger charge is 2.52. The maximum Gasteiger partial charge on any atom is 0.315 e. The molecule has 2 aliphatic carbocycles. The van der Waals surface area contributed by atoms with Gasteiger partial charge in [-0.25, -0.2) is 4.79 Å². The second-order valence-corrected chi connectivity index (χ2v) is 5.14. The summed E-state index contributed by atoms with van der Waals surface area (Å²) in [6.45, 7) is 0.783. The van der Waals surface area contributed by atoms with E-state index in [2.05, 4.69) is 10.6 Å². The molecule has 5 nitrogen and oxygen atoms in total. The van der Waals surface area contributed by atoms with Crippen LogP contribution in [0.1, 0.15) is 25.7 Å². The lowest BCUT2D eigenvalue weighted by Gasteiger charge is -2.45. The first-order chi connectivity index (χ1) is 7.75. The van der Waals surface area contributed by atoms with Crippen LogP contribution in [0.25, 0.3) is 0 Å². The smallest absolute Gasteiger partial charge is 0.315 e. The molecule has 4 atom stereocenters. The first kappa shape index (κ1) is 10.4. The normalized spacial score (nSPS) is 41.8. The van der Waals surface area contributed by atoms with Crippen LogP contribution < -0.4 is 16.4 Å². The Balaban J connectivity index is 1.48. The maximum absolute atomic E-state index is 11.7. The zero-order valence-electron chi connectivity index (χ0n) is 9.32. The summed E-state index contributed by atoms with van der Waals surface area (Å²) in [4.78, 5) is 11.7. The Bertz CT molecular complexity index is 293. The highest BCUT2D eigenvalue weighted by atomic mass is 16.5. The van der Waals surface area contributed by atoms with Gasteiger partial charge in [-0.15, -0.1) is 0 Å². The number of ether oxygens (including phenoxy) is 1. The van der Waals surface area contributed by atoms with Crippen molar-refractivity contribution in [2.45, 2.75) is 49.9 Å². The van der Waals surface area contributed by atoms with Gasteiger partial charge in [0.1, 0.15) is 0 Å². The molecule has 4 unspecified atom stereocenters. The number of hydrogen-bond acceptors (Lipinski definition) is 3. The second-order valence-electron chi connectivity index (χ2n) is 5.14. The highest BCUT2D eigenvalue weighted by molar-refractivity contribution is 5.75. The number of hydrogen-bond donors (Lipinski definition) is 3. The van der Waals surface area contributed by atoms with Crippen molar-refractivity contribution in [3.05, 3.63) is 0 Å². The van der Waals surface area contributed by atoms with Gasteiger partial charge in [0.05, 0.1) is 12.1 Å². The van der Waals surface area contributed by atoms with Gasteiger partial charge in [-0.1, -0.05) is 0 Å². The number of carbonyl (C=O) groups is 1. The van der Waals surface area contributed by atoms with E-state index in [4.69, 9.17) is 10.5 Å². The fraction of sp³-hybridized carbons (Fsp3) is 0.909. The van der Waals surface area contributed by atoms with E-state index < -0.39 is 0 Å². The van der Waals surface area contributed by atoms with Crippen LogP contribution in [0.3, 0.4) is 0 Å². The van der Waals surface area contributed by atoms with Crippen molar-refractivity contribution in [2.24, 2.45) is 11.7 Å². The summed E-state index contributed by atoms with van der Waals surface area (Å²) in [6, 6.07) is 0.364. The topological polar surface area (TPSA) is 76.4 Å². The molecule has 90 valence electrons. The Morgan fingerprint density at radius 1 is 1.25 bits per heavy atom. The van der Waals surface area contributed by atoms with E-state index in [1.165, 1.54) is 6.42 Å². The van der Waals surface area contributed by atoms with Crippen molar-refractivity contribution >= 4 is 6.03 Å². The average molecular weight is 225 g/mol. The molecule has 0 radical (unpaired) electrons. The first-order valence-electron chi connectivity index (χ1n) is 6.20. The van der Waals surface area contributed by atoms with Crippen LogP contribution in [0, 0.1) is 5.92 Å². The summed E-state index contributed by atoms with van der Waals surface area (Å²) in [7, 11) is 0. The molecule has 1 aliphatic heterocycles. The summed E-state index contributed by atoms with van der Waals surface area (Å²) in [5.74, 6) is 0.453. The molecule has 2 saturated carbocycles. The van der Waals surface area contributed by atoms with E-state index in [0.29, 0.717) is 12.0 Å². The molecule has 1 heterocycles. The quantitative estimate of drug-likeness (QED) is 0.617. The highest BCUT2D eigenvalue weighted by Crippen LogP contribution is 2.37. The number of urea groups is 1. The first-order valence-corrected chi connectivity index (χ1v) is 6.20. The van der Waals surface area contributed by atoms with Crippen molar-refractivity contribution in [3.63, 3.8) is 0 Å². The van der Waals surface area contributed by atoms with E-state index in [-0.39, 0.29) is 24.2 Å². The van der Waals surface area contributed by atoms with Crippen LogP contribution in [0.4, 0.5) is 4.79 Å². The lowest BCUT2D eigenvalue weighted by atomic mass is 9.72. The SMILES string of the molecule is NC1C2CCOC2C1NC(=O)NC1CCC1. The molecular formula is C11H19N3O2. The van der Waals surface area contributed by atoms with Crippen LogP contribution >= 0.6 is 0 Å². The zero-order chi connectivity index (χ0) is 11.1. The van der Waals surface area contributed by atoms with Crippen molar-refractivity contribution in [3.8, 4) is 0 Å². The Morgan fingerprint density at radius 3 is 2.75 bits per heavy atom. The van der Waals surface area contributed by atoms with Gasteiger partial charge in [-0.05, 0) is 25.7 Å². The molecule has 1 saturated heterocycles. The predicted octanol–water partition coefficient (Wildman–Crippen LogP) is -0.0473. The van der Waals surface area contributed by atoms with Gasteiger partial charge in [0.25, 0.3) is 0 Å². The van der Waals surface area contributed by atoms with E-state index in [1.807, 2.05) is 0 Å². The minimum absolute atomic E-state index is 0.00702. The molecule has 16 heavy (non-hydrogen) atoms. The lowest BCUT2D eigenvalue weighted by molar-refractivity contribution is -0.0137. The van der Waals surface area contributed by atoms with Gasteiger partial charge in [0.15, 0.2) is 0 Å². The van der Waals surface area contributed by atoms with E-state index in [0.717, 1.165) is 25.9 Å². The van der Waals surface area contributed by atoms with E-state index >= 15 is 0 Å². The minimum atomic E-state index is -0.0842. The second kappa shape index (κ2) is 3.89.